The van der Waals surface area contributed by atoms with Gasteiger partial charge in [-0.25, -0.2) is 4.98 Å². The highest BCUT2D eigenvalue weighted by atomic mass is 16.7. The Morgan fingerprint density at radius 1 is 0.706 bits per heavy atom. The maximum Gasteiger partial charge on any atom is 0.271 e. The first-order valence-corrected chi connectivity index (χ1v) is 17.4. The van der Waals surface area contributed by atoms with Crippen molar-refractivity contribution in [2.24, 2.45) is 5.92 Å². The van der Waals surface area contributed by atoms with Crippen LogP contribution in [0, 0.1) is 5.92 Å². The Morgan fingerprint density at radius 2 is 1.29 bits per heavy atom. The minimum absolute atomic E-state index is 0.00783. The molecule has 7 rings (SSSR count). The number of nitrogens with zero attached hydrogens (tertiary/aromatic N) is 3. The lowest BCUT2D eigenvalue weighted by Crippen LogP contribution is -2.44. The highest BCUT2D eigenvalue weighted by Crippen LogP contribution is 2.42. The van der Waals surface area contributed by atoms with Crippen molar-refractivity contribution in [1.82, 2.24) is 20.2 Å². The number of aliphatic hydroxyl groups is 1. The molecular formula is C43H42N4O4. The van der Waals surface area contributed by atoms with E-state index in [9.17, 15) is 9.90 Å². The van der Waals surface area contributed by atoms with Gasteiger partial charge in [0.25, 0.3) is 5.91 Å². The van der Waals surface area contributed by atoms with Crippen molar-refractivity contribution in [2.45, 2.75) is 51.7 Å². The van der Waals surface area contributed by atoms with Crippen LogP contribution in [0.5, 0.6) is 0 Å². The average molecular weight is 679 g/mol. The van der Waals surface area contributed by atoms with E-state index in [-0.39, 0.29) is 36.3 Å². The third-order valence-electron chi connectivity index (χ3n) is 9.45. The second kappa shape index (κ2) is 16.2. The number of hydrogen-bond acceptors (Lipinski definition) is 7. The molecule has 5 aromatic carbocycles. The third-order valence-corrected chi connectivity index (χ3v) is 9.45. The zero-order valence-electron chi connectivity index (χ0n) is 28.6. The molecule has 1 aromatic heterocycles. The van der Waals surface area contributed by atoms with E-state index in [1.165, 1.54) is 17.3 Å². The zero-order valence-corrected chi connectivity index (χ0v) is 28.6. The minimum Gasteiger partial charge on any atom is -0.392 e. The minimum atomic E-state index is -0.597. The van der Waals surface area contributed by atoms with E-state index in [2.05, 4.69) is 75.6 Å². The number of fused-ring (bicyclic) bond motifs is 1. The fourth-order valence-electron chi connectivity index (χ4n) is 6.58. The van der Waals surface area contributed by atoms with E-state index in [4.69, 9.17) is 9.47 Å². The van der Waals surface area contributed by atoms with E-state index in [0.717, 1.165) is 40.9 Å². The average Bonchev–Trinajstić information content (AvgIpc) is 3.18. The lowest BCUT2D eigenvalue weighted by atomic mass is 9.89. The second-order valence-electron chi connectivity index (χ2n) is 13.1. The number of carbonyl (C=O) groups is 1. The summed E-state index contributed by atoms with van der Waals surface area (Å²) in [4.78, 5) is 24.2. The number of benzene rings is 5. The van der Waals surface area contributed by atoms with Gasteiger partial charge in [0.05, 0.1) is 36.0 Å². The zero-order chi connectivity index (χ0) is 35.0. The van der Waals surface area contributed by atoms with Gasteiger partial charge in [0.2, 0.25) is 0 Å². The molecule has 2 N–H and O–H groups in total. The van der Waals surface area contributed by atoms with Gasteiger partial charge in [-0.2, -0.15) is 0 Å². The maximum absolute atomic E-state index is 12.9. The smallest absolute Gasteiger partial charge is 0.271 e. The lowest BCUT2D eigenvalue weighted by molar-refractivity contribution is -0.276. The van der Waals surface area contributed by atoms with Crippen molar-refractivity contribution in [3.05, 3.63) is 179 Å². The van der Waals surface area contributed by atoms with Gasteiger partial charge in [0.15, 0.2) is 6.29 Å². The molecule has 2 heterocycles. The number of amides is 1. The van der Waals surface area contributed by atoms with E-state index in [1.54, 1.807) is 0 Å². The molecule has 1 saturated heterocycles. The summed E-state index contributed by atoms with van der Waals surface area (Å²) in [5.41, 5.74) is 7.95. The van der Waals surface area contributed by atoms with Crippen LogP contribution in [0.1, 0.15) is 63.2 Å². The second-order valence-corrected chi connectivity index (χ2v) is 13.1. The summed E-state index contributed by atoms with van der Waals surface area (Å²) in [5, 5.41) is 12.6. The molecule has 258 valence electrons. The number of rotatable bonds is 12. The number of hydrogen-bond donors (Lipinski definition) is 2. The Kier molecular flexibility index (Phi) is 10.9. The topological polar surface area (TPSA) is 96.8 Å². The van der Waals surface area contributed by atoms with Gasteiger partial charge in [-0.3, -0.25) is 14.7 Å². The van der Waals surface area contributed by atoms with Crippen molar-refractivity contribution in [3.63, 3.8) is 0 Å². The van der Waals surface area contributed by atoms with Gasteiger partial charge >= 0.3 is 0 Å². The van der Waals surface area contributed by atoms with Crippen LogP contribution < -0.4 is 5.32 Å². The quantitative estimate of drug-likeness (QED) is 0.138. The first-order chi connectivity index (χ1) is 25.0. The van der Waals surface area contributed by atoms with Crippen LogP contribution in [-0.2, 0) is 35.7 Å². The normalized spacial score (nSPS) is 18.9. The molecule has 0 aliphatic carbocycles. The van der Waals surface area contributed by atoms with Crippen LogP contribution in [0.15, 0.2) is 140 Å². The highest BCUT2D eigenvalue weighted by molar-refractivity contribution is 5.93. The van der Waals surface area contributed by atoms with Gasteiger partial charge in [-0.1, -0.05) is 128 Å². The number of nitrogens with one attached hydrogen (secondary N) is 1. The molecule has 6 aromatic rings. The lowest BCUT2D eigenvalue weighted by Gasteiger charge is -2.43. The summed E-state index contributed by atoms with van der Waals surface area (Å²) in [6, 6.07) is 44.6. The van der Waals surface area contributed by atoms with Crippen molar-refractivity contribution in [3.8, 4) is 0 Å². The van der Waals surface area contributed by atoms with Gasteiger partial charge in [0.1, 0.15) is 5.69 Å². The summed E-state index contributed by atoms with van der Waals surface area (Å²) in [6.07, 6.45) is 0.546. The van der Waals surface area contributed by atoms with Gasteiger partial charge in [-0.05, 0) is 39.9 Å². The summed E-state index contributed by atoms with van der Waals surface area (Å²) in [7, 11) is 0. The van der Waals surface area contributed by atoms with Gasteiger partial charge < -0.3 is 19.9 Å². The summed E-state index contributed by atoms with van der Waals surface area (Å²) < 4.78 is 13.6. The largest absolute Gasteiger partial charge is 0.392 e. The van der Waals surface area contributed by atoms with E-state index >= 15 is 0 Å². The number of carbonyl (C=O) groups excluding carboxylic acids is 1. The molecule has 51 heavy (non-hydrogen) atoms. The monoisotopic (exact) mass is 678 g/mol. The van der Waals surface area contributed by atoms with Crippen molar-refractivity contribution in [1.29, 1.82) is 0 Å². The first kappa shape index (κ1) is 34.2. The maximum atomic E-state index is 12.9. The Hall–Kier alpha value is -5.25. The van der Waals surface area contributed by atoms with Crippen molar-refractivity contribution in [2.75, 3.05) is 6.54 Å². The summed E-state index contributed by atoms with van der Waals surface area (Å²) in [5.74, 6) is -0.235. The number of aromatic nitrogens is 2. The molecule has 4 unspecified atom stereocenters. The first-order valence-electron chi connectivity index (χ1n) is 17.4. The molecule has 8 nitrogen and oxygen atoms in total. The van der Waals surface area contributed by atoms with Crippen molar-refractivity contribution >= 4 is 16.9 Å². The molecule has 0 bridgehead atoms. The Bertz CT molecular complexity index is 1980. The molecule has 0 spiro atoms. The molecule has 0 saturated carbocycles. The van der Waals surface area contributed by atoms with E-state index in [0.29, 0.717) is 18.6 Å². The molecule has 1 aliphatic heterocycles. The van der Waals surface area contributed by atoms with Crippen LogP contribution >= 0.6 is 0 Å². The van der Waals surface area contributed by atoms with Crippen LogP contribution in [0.2, 0.25) is 0 Å². The summed E-state index contributed by atoms with van der Waals surface area (Å²) >= 11 is 0. The molecule has 0 radical (unpaired) electrons. The fraction of sp³-hybridized carbons (Fsp3) is 0.233. The predicted octanol–water partition coefficient (Wildman–Crippen LogP) is 7.55. The molecule has 8 heteroatoms. The SMILES string of the molecule is CC1C(CN(Cc2ccccc2)Cc2ccccc2)OC(c2ccc(CNC(=O)c3cnc4ccccc4n3)cc2)OC1c1ccc(CO)cc1. The van der Waals surface area contributed by atoms with E-state index in [1.807, 2.05) is 84.9 Å². The van der Waals surface area contributed by atoms with Gasteiger partial charge in [-0.15, -0.1) is 0 Å². The Balaban J connectivity index is 1.09. The number of ether oxygens (including phenoxy) is 2. The molecule has 1 amide bonds. The standard InChI is InChI=1S/C43H42N4O4/c1-30-40(28-47(26-32-10-4-2-5-11-32)27-33-12-6-3-7-13-33)50-43(51-41(30)35-20-18-34(29-48)19-21-35)36-22-16-31(17-23-36)24-45-42(49)39-25-44-37-14-8-9-15-38(37)46-39/h2-23,25,30,40-41,43,48H,24,26-29H2,1H3,(H,45,49). The van der Waals surface area contributed by atoms with E-state index < -0.39 is 6.29 Å². The molecule has 4 atom stereocenters. The number of para-hydroxylation sites is 2. The molecule has 1 fully saturated rings. The van der Waals surface area contributed by atoms with Gasteiger partial charge in [0, 0.05) is 37.7 Å². The summed E-state index contributed by atoms with van der Waals surface area (Å²) in [6.45, 7) is 4.81. The Labute approximate surface area is 298 Å². The fourth-order valence-corrected chi connectivity index (χ4v) is 6.58. The Morgan fingerprint density at radius 3 is 1.94 bits per heavy atom. The highest BCUT2D eigenvalue weighted by Gasteiger charge is 2.39. The van der Waals surface area contributed by atoms with Crippen LogP contribution in [-0.4, -0.2) is 38.5 Å². The molecule has 1 aliphatic rings. The number of aliphatic hydroxyl groups excluding tert-OH is 1. The third kappa shape index (κ3) is 8.56. The predicted molar refractivity (Wildman–Crippen MR) is 197 cm³/mol. The van der Waals surface area contributed by atoms with Crippen LogP contribution in [0.25, 0.3) is 11.0 Å². The van der Waals surface area contributed by atoms with Crippen molar-refractivity contribution < 1.29 is 19.4 Å². The van der Waals surface area contributed by atoms with Crippen LogP contribution in [0.3, 0.4) is 0 Å². The van der Waals surface area contributed by atoms with Crippen LogP contribution in [0.4, 0.5) is 0 Å². The molecular weight excluding hydrogens is 636 g/mol.